The average molecular weight is 271 g/mol. The number of nitrogens with zero attached hydrogens (tertiary/aromatic N) is 3. The second-order valence-electron chi connectivity index (χ2n) is 4.49. The highest BCUT2D eigenvalue weighted by Gasteiger charge is 2.26. The lowest BCUT2D eigenvalue weighted by atomic mass is 10.2. The highest BCUT2D eigenvalue weighted by Crippen LogP contribution is 2.35. The van der Waals surface area contributed by atoms with Gasteiger partial charge in [-0.15, -0.1) is 0 Å². The number of aliphatic hydroxyl groups excluding tert-OH is 1. The van der Waals surface area contributed by atoms with Gasteiger partial charge in [0, 0.05) is 11.6 Å². The van der Waals surface area contributed by atoms with Crippen LogP contribution in [0, 0.1) is 17.1 Å². The lowest BCUT2D eigenvalue weighted by molar-refractivity contribution is 0.175. The first-order valence-corrected chi connectivity index (χ1v) is 6.08. The Morgan fingerprint density at radius 1 is 1.35 bits per heavy atom. The van der Waals surface area contributed by atoms with Crippen LogP contribution in [-0.4, -0.2) is 15.1 Å². The van der Waals surface area contributed by atoms with E-state index in [9.17, 15) is 9.50 Å². The molecule has 1 aromatic carbocycles. The van der Waals surface area contributed by atoms with Crippen molar-refractivity contribution >= 4 is 0 Å². The molecule has 0 unspecified atom stereocenters. The third-order valence-corrected chi connectivity index (χ3v) is 3.14. The molecule has 1 aliphatic rings. The Hall–Kier alpha value is -2.52. The first kappa shape index (κ1) is 12.5. The molecule has 0 saturated carbocycles. The number of benzene rings is 1. The van der Waals surface area contributed by atoms with Crippen molar-refractivity contribution in [2.45, 2.75) is 18.9 Å². The summed E-state index contributed by atoms with van der Waals surface area (Å²) < 4.78 is 18.9. The minimum absolute atomic E-state index is 0.172. The molecule has 0 bridgehead atoms. The van der Waals surface area contributed by atoms with Crippen molar-refractivity contribution in [3.05, 3.63) is 47.2 Å². The number of nitriles is 1. The second-order valence-corrected chi connectivity index (χ2v) is 4.49. The summed E-state index contributed by atoms with van der Waals surface area (Å²) >= 11 is 0. The average Bonchev–Trinajstić information content (AvgIpc) is 2.81. The number of fused-ring (bicyclic) bond motifs is 1. The maximum absolute atomic E-state index is 13.3. The molecule has 3 rings (SSSR count). The normalized spacial score (nSPS) is 16.6. The van der Waals surface area contributed by atoms with E-state index in [0.29, 0.717) is 24.4 Å². The molecule has 1 heterocycles. The van der Waals surface area contributed by atoms with E-state index in [1.165, 1.54) is 18.5 Å². The van der Waals surface area contributed by atoms with Gasteiger partial charge in [-0.2, -0.15) is 5.26 Å². The lowest BCUT2D eigenvalue weighted by Crippen LogP contribution is -1.99. The molecule has 1 N–H and O–H groups in total. The van der Waals surface area contributed by atoms with Gasteiger partial charge in [0.05, 0.1) is 23.4 Å². The molecule has 0 saturated heterocycles. The molecule has 6 heteroatoms. The number of aromatic nitrogens is 2. The summed E-state index contributed by atoms with van der Waals surface area (Å²) in [6, 6.07) is 5.60. The Bertz CT molecular complexity index is 712. The molecule has 0 spiro atoms. The van der Waals surface area contributed by atoms with E-state index in [0.717, 1.165) is 11.6 Å². The number of ether oxygens (including phenoxy) is 1. The Morgan fingerprint density at radius 3 is 3.00 bits per heavy atom. The van der Waals surface area contributed by atoms with E-state index in [1.807, 2.05) is 6.07 Å². The van der Waals surface area contributed by atoms with Crippen molar-refractivity contribution in [2.75, 3.05) is 0 Å². The van der Waals surface area contributed by atoms with Crippen molar-refractivity contribution in [2.24, 2.45) is 0 Å². The Labute approximate surface area is 114 Å². The number of hydrogen-bond acceptors (Lipinski definition) is 5. The van der Waals surface area contributed by atoms with E-state index >= 15 is 0 Å². The maximum Gasteiger partial charge on any atom is 0.225 e. The summed E-state index contributed by atoms with van der Waals surface area (Å²) in [6.07, 6.45) is 1.86. The quantitative estimate of drug-likeness (QED) is 0.906. The highest BCUT2D eigenvalue weighted by molar-refractivity contribution is 5.41. The molecule has 5 nitrogen and oxygen atoms in total. The molecular weight excluding hydrogens is 261 g/mol. The third-order valence-electron chi connectivity index (χ3n) is 3.14. The Balaban J connectivity index is 1.97. The molecule has 100 valence electrons. The van der Waals surface area contributed by atoms with Gasteiger partial charge in [-0.3, -0.25) is 0 Å². The van der Waals surface area contributed by atoms with Gasteiger partial charge in [0.2, 0.25) is 5.88 Å². The van der Waals surface area contributed by atoms with Crippen molar-refractivity contribution in [3.8, 4) is 17.7 Å². The monoisotopic (exact) mass is 271 g/mol. The van der Waals surface area contributed by atoms with Crippen LogP contribution in [-0.2, 0) is 6.42 Å². The molecule has 1 atom stereocenters. The van der Waals surface area contributed by atoms with Gasteiger partial charge < -0.3 is 9.84 Å². The van der Waals surface area contributed by atoms with E-state index < -0.39 is 11.9 Å². The molecule has 2 aromatic rings. The van der Waals surface area contributed by atoms with Crippen molar-refractivity contribution in [1.82, 2.24) is 9.97 Å². The predicted octanol–water partition coefficient (Wildman–Crippen LogP) is 2.26. The largest absolute Gasteiger partial charge is 0.438 e. The summed E-state index contributed by atoms with van der Waals surface area (Å²) in [5.74, 6) is -0.0605. The van der Waals surface area contributed by atoms with E-state index in [2.05, 4.69) is 9.97 Å². The van der Waals surface area contributed by atoms with Crippen LogP contribution in [0.2, 0.25) is 0 Å². The minimum Gasteiger partial charge on any atom is -0.438 e. The van der Waals surface area contributed by atoms with Crippen LogP contribution < -0.4 is 4.74 Å². The predicted molar refractivity (Wildman–Crippen MR) is 66.5 cm³/mol. The lowest BCUT2D eigenvalue weighted by Gasteiger charge is -2.09. The smallest absolute Gasteiger partial charge is 0.225 e. The number of halogens is 1. The molecule has 0 radical (unpaired) electrons. The zero-order valence-electron chi connectivity index (χ0n) is 10.4. The highest BCUT2D eigenvalue weighted by atomic mass is 19.1. The molecular formula is C14H10FN3O2. The number of hydrogen-bond donors (Lipinski definition) is 1. The molecule has 0 aliphatic heterocycles. The third kappa shape index (κ3) is 2.19. The zero-order valence-corrected chi connectivity index (χ0v) is 10.4. The maximum atomic E-state index is 13.3. The van der Waals surface area contributed by atoms with E-state index in [4.69, 9.17) is 10.00 Å². The minimum atomic E-state index is -0.613. The van der Waals surface area contributed by atoms with Crippen LogP contribution in [0.15, 0.2) is 24.5 Å². The van der Waals surface area contributed by atoms with Gasteiger partial charge in [0.1, 0.15) is 17.9 Å². The second kappa shape index (κ2) is 4.87. The Morgan fingerprint density at radius 2 is 2.20 bits per heavy atom. The summed E-state index contributed by atoms with van der Waals surface area (Å²) in [5, 5.41) is 18.6. The summed E-state index contributed by atoms with van der Waals surface area (Å²) in [6.45, 7) is 0. The van der Waals surface area contributed by atoms with E-state index in [-0.39, 0.29) is 11.3 Å². The molecule has 1 aliphatic carbocycles. The van der Waals surface area contributed by atoms with Crippen LogP contribution in [0.5, 0.6) is 11.6 Å². The Kier molecular flexibility index (Phi) is 3.05. The van der Waals surface area contributed by atoms with Gasteiger partial charge in [-0.05, 0) is 25.0 Å². The zero-order chi connectivity index (χ0) is 14.1. The van der Waals surface area contributed by atoms with Gasteiger partial charge in [0.25, 0.3) is 0 Å². The fraction of sp³-hybridized carbons (Fsp3) is 0.214. The standard InChI is InChI=1S/C14H10FN3O2/c15-9-3-8(6-16)4-10(5-9)20-14-11-1-2-12(19)13(11)17-7-18-14/h3-5,7,12,19H,1-2H2/t12-/m0/s1. The molecule has 1 aromatic heterocycles. The first-order valence-electron chi connectivity index (χ1n) is 6.08. The summed E-state index contributed by atoms with van der Waals surface area (Å²) in [7, 11) is 0. The molecule has 0 fully saturated rings. The van der Waals surface area contributed by atoms with Gasteiger partial charge >= 0.3 is 0 Å². The summed E-state index contributed by atoms with van der Waals surface area (Å²) in [5.41, 5.74) is 1.44. The number of aliphatic hydroxyl groups is 1. The van der Waals surface area contributed by atoms with Crippen LogP contribution in [0.1, 0.15) is 29.3 Å². The van der Waals surface area contributed by atoms with Crippen molar-refractivity contribution in [3.63, 3.8) is 0 Å². The van der Waals surface area contributed by atoms with Crippen LogP contribution >= 0.6 is 0 Å². The molecule has 0 amide bonds. The number of rotatable bonds is 2. The van der Waals surface area contributed by atoms with Crippen LogP contribution in [0.25, 0.3) is 0 Å². The van der Waals surface area contributed by atoms with E-state index in [1.54, 1.807) is 0 Å². The molecule has 20 heavy (non-hydrogen) atoms. The first-order chi connectivity index (χ1) is 9.67. The topological polar surface area (TPSA) is 79.0 Å². The van der Waals surface area contributed by atoms with Crippen molar-refractivity contribution < 1.29 is 14.2 Å². The SMILES string of the molecule is N#Cc1cc(F)cc(Oc2ncnc3c2CC[C@@H]3O)c1. The summed E-state index contributed by atoms with van der Waals surface area (Å²) in [4.78, 5) is 8.04. The van der Waals surface area contributed by atoms with Crippen LogP contribution in [0.4, 0.5) is 4.39 Å². The van der Waals surface area contributed by atoms with Gasteiger partial charge in [-0.25, -0.2) is 14.4 Å². The van der Waals surface area contributed by atoms with Crippen LogP contribution in [0.3, 0.4) is 0 Å². The van der Waals surface area contributed by atoms with Gasteiger partial charge in [0.15, 0.2) is 0 Å². The van der Waals surface area contributed by atoms with Gasteiger partial charge in [-0.1, -0.05) is 0 Å². The fourth-order valence-corrected chi connectivity index (χ4v) is 2.23. The fourth-order valence-electron chi connectivity index (χ4n) is 2.23. The van der Waals surface area contributed by atoms with Crippen molar-refractivity contribution in [1.29, 1.82) is 5.26 Å².